The van der Waals surface area contributed by atoms with E-state index in [1.54, 1.807) is 12.1 Å². The van der Waals surface area contributed by atoms with Crippen LogP contribution in [0.2, 0.25) is 0 Å². The van der Waals surface area contributed by atoms with Crippen LogP contribution in [0.15, 0.2) is 84.9 Å². The predicted molar refractivity (Wildman–Crippen MR) is 103 cm³/mol. The van der Waals surface area contributed by atoms with Crippen LogP contribution in [-0.4, -0.2) is 22.7 Å². The third kappa shape index (κ3) is 5.01. The zero-order valence-corrected chi connectivity index (χ0v) is 14.8. The van der Waals surface area contributed by atoms with E-state index in [-0.39, 0.29) is 18.5 Å². The Labute approximate surface area is 154 Å². The van der Waals surface area contributed by atoms with Gasteiger partial charge in [0.05, 0.1) is 6.61 Å². The molecule has 1 atom stereocenters. The van der Waals surface area contributed by atoms with Gasteiger partial charge in [-0.2, -0.15) is 0 Å². The Morgan fingerprint density at radius 2 is 1.23 bits per heavy atom. The number of hydrogen-bond donors (Lipinski definition) is 1. The maximum atomic E-state index is 14.1. The monoisotopic (exact) mass is 349 g/mol. The first-order valence-corrected chi connectivity index (χ1v) is 8.92. The number of nitrogens with zero attached hydrogens (tertiary/aromatic N) is 1. The lowest BCUT2D eigenvalue weighted by molar-refractivity contribution is 0.109. The van der Waals surface area contributed by atoms with Gasteiger partial charge in [-0.15, -0.1) is 0 Å². The van der Waals surface area contributed by atoms with Crippen molar-refractivity contribution in [1.29, 1.82) is 0 Å². The van der Waals surface area contributed by atoms with Crippen molar-refractivity contribution < 1.29 is 9.50 Å². The summed E-state index contributed by atoms with van der Waals surface area (Å²) in [5.74, 6) is -0.217. The first-order valence-electron chi connectivity index (χ1n) is 8.92. The molecular formula is C23H24FNO. The van der Waals surface area contributed by atoms with Gasteiger partial charge in [0.25, 0.3) is 0 Å². The van der Waals surface area contributed by atoms with Crippen LogP contribution in [0.5, 0.6) is 0 Å². The minimum absolute atomic E-state index is 0.0198. The Hall–Kier alpha value is -2.49. The predicted octanol–water partition coefficient (Wildman–Crippen LogP) is 4.43. The molecule has 0 unspecified atom stereocenters. The highest BCUT2D eigenvalue weighted by atomic mass is 19.1. The van der Waals surface area contributed by atoms with E-state index in [1.165, 1.54) is 17.2 Å². The molecule has 3 aromatic carbocycles. The summed E-state index contributed by atoms with van der Waals surface area (Å²) in [6, 6.07) is 27.0. The van der Waals surface area contributed by atoms with Crippen molar-refractivity contribution in [3.05, 3.63) is 107 Å². The van der Waals surface area contributed by atoms with Crippen molar-refractivity contribution in [2.75, 3.05) is 6.61 Å². The molecule has 0 saturated carbocycles. The number of aliphatic hydroxyl groups is 1. The summed E-state index contributed by atoms with van der Waals surface area (Å²) in [6.45, 7) is 1.39. The van der Waals surface area contributed by atoms with E-state index < -0.39 is 0 Å². The summed E-state index contributed by atoms with van der Waals surface area (Å²) in [5, 5.41) is 10.0. The topological polar surface area (TPSA) is 23.5 Å². The highest BCUT2D eigenvalue weighted by molar-refractivity contribution is 5.20. The maximum Gasteiger partial charge on any atom is 0.126 e. The van der Waals surface area contributed by atoms with Crippen molar-refractivity contribution in [3.8, 4) is 0 Å². The largest absolute Gasteiger partial charge is 0.395 e. The van der Waals surface area contributed by atoms with Gasteiger partial charge >= 0.3 is 0 Å². The minimum atomic E-state index is -0.217. The summed E-state index contributed by atoms with van der Waals surface area (Å²) in [5.41, 5.74) is 2.99. The van der Waals surface area contributed by atoms with Gasteiger partial charge < -0.3 is 5.11 Å². The van der Waals surface area contributed by atoms with Crippen molar-refractivity contribution in [1.82, 2.24) is 4.90 Å². The SMILES string of the molecule is OC[C@H](Cc1ccccc1F)N(Cc1ccccc1)Cc1ccccc1. The molecule has 134 valence electrons. The third-order valence-electron chi connectivity index (χ3n) is 4.60. The second-order valence-corrected chi connectivity index (χ2v) is 6.51. The first-order chi connectivity index (χ1) is 12.8. The molecular weight excluding hydrogens is 325 g/mol. The van der Waals surface area contributed by atoms with E-state index in [0.717, 1.165) is 0 Å². The molecule has 0 aliphatic rings. The Morgan fingerprint density at radius 1 is 0.731 bits per heavy atom. The summed E-state index contributed by atoms with van der Waals surface area (Å²) in [4.78, 5) is 2.22. The van der Waals surface area contributed by atoms with Crippen LogP contribution in [0.25, 0.3) is 0 Å². The van der Waals surface area contributed by atoms with Gasteiger partial charge in [-0.05, 0) is 29.2 Å². The first kappa shape index (κ1) is 18.3. The fraction of sp³-hybridized carbons (Fsp3) is 0.217. The van der Waals surface area contributed by atoms with Gasteiger partial charge in [-0.3, -0.25) is 4.90 Å². The fourth-order valence-corrected chi connectivity index (χ4v) is 3.18. The van der Waals surface area contributed by atoms with Gasteiger partial charge in [-0.1, -0.05) is 78.9 Å². The van der Waals surface area contributed by atoms with Crippen LogP contribution >= 0.6 is 0 Å². The number of halogens is 1. The molecule has 0 saturated heterocycles. The molecule has 0 amide bonds. The number of benzene rings is 3. The van der Waals surface area contributed by atoms with Crippen molar-refractivity contribution in [3.63, 3.8) is 0 Å². The molecule has 2 nitrogen and oxygen atoms in total. The van der Waals surface area contributed by atoms with Gasteiger partial charge in [0.2, 0.25) is 0 Å². The summed E-state index contributed by atoms with van der Waals surface area (Å²) in [7, 11) is 0. The quantitative estimate of drug-likeness (QED) is 0.650. The molecule has 0 aliphatic heterocycles. The standard InChI is InChI=1S/C23H24FNO/c24-23-14-8-7-13-21(23)15-22(18-26)25(16-19-9-3-1-4-10-19)17-20-11-5-2-6-12-20/h1-14,22,26H,15-18H2/t22-/m0/s1. The lowest BCUT2D eigenvalue weighted by Crippen LogP contribution is -2.39. The van der Waals surface area contributed by atoms with E-state index in [9.17, 15) is 9.50 Å². The van der Waals surface area contributed by atoms with Crippen molar-refractivity contribution in [2.24, 2.45) is 0 Å². The van der Waals surface area contributed by atoms with E-state index in [1.807, 2.05) is 42.5 Å². The number of rotatable bonds is 8. The average Bonchev–Trinajstić information content (AvgIpc) is 2.68. The van der Waals surface area contributed by atoms with Crippen LogP contribution in [0.1, 0.15) is 16.7 Å². The molecule has 0 aliphatic carbocycles. The Bertz CT molecular complexity index is 750. The van der Waals surface area contributed by atoms with E-state index >= 15 is 0 Å². The highest BCUT2D eigenvalue weighted by Crippen LogP contribution is 2.18. The van der Waals surface area contributed by atoms with E-state index in [2.05, 4.69) is 29.2 Å². The van der Waals surface area contributed by atoms with E-state index in [0.29, 0.717) is 25.1 Å². The zero-order chi connectivity index (χ0) is 18.2. The highest BCUT2D eigenvalue weighted by Gasteiger charge is 2.20. The molecule has 0 spiro atoms. The lowest BCUT2D eigenvalue weighted by atomic mass is 10.0. The van der Waals surface area contributed by atoms with Crippen molar-refractivity contribution >= 4 is 0 Å². The van der Waals surface area contributed by atoms with Crippen LogP contribution in [0, 0.1) is 5.82 Å². The second-order valence-electron chi connectivity index (χ2n) is 6.51. The summed E-state index contributed by atoms with van der Waals surface area (Å²) in [6.07, 6.45) is 0.475. The second kappa shape index (κ2) is 9.27. The van der Waals surface area contributed by atoms with Gasteiger partial charge in [0.1, 0.15) is 5.82 Å². The zero-order valence-electron chi connectivity index (χ0n) is 14.8. The van der Waals surface area contributed by atoms with E-state index in [4.69, 9.17) is 0 Å². The minimum Gasteiger partial charge on any atom is -0.395 e. The van der Waals surface area contributed by atoms with Gasteiger partial charge in [0, 0.05) is 19.1 Å². The summed E-state index contributed by atoms with van der Waals surface area (Å²) >= 11 is 0. The normalized spacial score (nSPS) is 12.3. The number of aliphatic hydroxyl groups excluding tert-OH is 1. The van der Waals surface area contributed by atoms with Crippen molar-refractivity contribution in [2.45, 2.75) is 25.6 Å². The molecule has 0 fully saturated rings. The molecule has 0 radical (unpaired) electrons. The summed E-state index contributed by atoms with van der Waals surface area (Å²) < 4.78 is 14.1. The smallest absolute Gasteiger partial charge is 0.126 e. The third-order valence-corrected chi connectivity index (χ3v) is 4.60. The van der Waals surface area contributed by atoms with Gasteiger partial charge in [-0.25, -0.2) is 4.39 Å². The Balaban J connectivity index is 1.83. The molecule has 3 aromatic rings. The molecule has 1 N–H and O–H groups in total. The molecule has 0 bridgehead atoms. The Kier molecular flexibility index (Phi) is 6.53. The lowest BCUT2D eigenvalue weighted by Gasteiger charge is -2.31. The van der Waals surface area contributed by atoms with Crippen LogP contribution < -0.4 is 0 Å². The number of hydrogen-bond acceptors (Lipinski definition) is 2. The molecule has 0 heterocycles. The molecule has 0 aromatic heterocycles. The molecule has 3 heteroatoms. The molecule has 26 heavy (non-hydrogen) atoms. The molecule has 3 rings (SSSR count). The van der Waals surface area contributed by atoms with Crippen LogP contribution in [0.4, 0.5) is 4.39 Å². The van der Waals surface area contributed by atoms with Crippen LogP contribution in [0.3, 0.4) is 0 Å². The maximum absolute atomic E-state index is 14.1. The van der Waals surface area contributed by atoms with Gasteiger partial charge in [0.15, 0.2) is 0 Å². The fourth-order valence-electron chi connectivity index (χ4n) is 3.18. The average molecular weight is 349 g/mol. The van der Waals surface area contributed by atoms with Crippen LogP contribution in [-0.2, 0) is 19.5 Å². The Morgan fingerprint density at radius 3 is 1.73 bits per heavy atom.